The van der Waals surface area contributed by atoms with Crippen molar-refractivity contribution < 1.29 is 18.7 Å². The number of nitrogens with zero attached hydrogens (tertiary/aromatic N) is 1. The molecule has 2 fully saturated rings. The summed E-state index contributed by atoms with van der Waals surface area (Å²) in [5.74, 6) is -0.225. The number of hydrogen-bond donors (Lipinski definition) is 0. The third-order valence-electron chi connectivity index (χ3n) is 4.98. The maximum Gasteiger partial charge on any atom is 0.314 e. The van der Waals surface area contributed by atoms with Gasteiger partial charge in [-0.3, -0.25) is 9.59 Å². The Hall–Kier alpha value is -1.91. The molecule has 1 aliphatic heterocycles. The van der Waals surface area contributed by atoms with Gasteiger partial charge < -0.3 is 9.64 Å². The van der Waals surface area contributed by atoms with E-state index in [0.717, 1.165) is 24.8 Å². The number of carbonyl (C=O) groups is 2. The summed E-state index contributed by atoms with van der Waals surface area (Å²) in [6.45, 7) is 3.22. The van der Waals surface area contributed by atoms with Crippen LogP contribution in [-0.4, -0.2) is 36.5 Å². The van der Waals surface area contributed by atoms with E-state index in [1.807, 2.05) is 4.90 Å². The first-order valence-electron chi connectivity index (χ1n) is 8.74. The van der Waals surface area contributed by atoms with Crippen LogP contribution in [0.1, 0.15) is 38.2 Å². The van der Waals surface area contributed by atoms with Gasteiger partial charge in [0.25, 0.3) is 0 Å². The normalized spacial score (nSPS) is 23.8. The first-order valence-corrected chi connectivity index (χ1v) is 8.74. The highest BCUT2D eigenvalue weighted by molar-refractivity contribution is 5.83. The zero-order chi connectivity index (χ0) is 17.2. The average molecular weight is 333 g/mol. The lowest BCUT2D eigenvalue weighted by atomic mass is 9.75. The zero-order valence-electron chi connectivity index (χ0n) is 14.1. The number of benzene rings is 1. The van der Waals surface area contributed by atoms with Gasteiger partial charge in [-0.25, -0.2) is 4.39 Å². The Balaban J connectivity index is 1.82. The van der Waals surface area contributed by atoms with Crippen LogP contribution >= 0.6 is 0 Å². The maximum absolute atomic E-state index is 13.2. The number of amides is 1. The number of carbonyl (C=O) groups excluding carboxylic acids is 2. The molecule has 1 heterocycles. The van der Waals surface area contributed by atoms with Gasteiger partial charge in [0.2, 0.25) is 5.91 Å². The Morgan fingerprint density at radius 2 is 2.00 bits per heavy atom. The van der Waals surface area contributed by atoms with Gasteiger partial charge in [-0.2, -0.15) is 0 Å². The van der Waals surface area contributed by atoms with Crippen molar-refractivity contribution in [3.63, 3.8) is 0 Å². The summed E-state index contributed by atoms with van der Waals surface area (Å²) in [6, 6.07) is 6.23. The first kappa shape index (κ1) is 16.9. The van der Waals surface area contributed by atoms with Gasteiger partial charge >= 0.3 is 5.97 Å². The molecule has 0 bridgehead atoms. The summed E-state index contributed by atoms with van der Waals surface area (Å²) in [5.41, 5.74) is 0.168. The molecule has 3 rings (SSSR count). The van der Waals surface area contributed by atoms with Crippen molar-refractivity contribution in [2.24, 2.45) is 11.3 Å². The number of rotatable bonds is 5. The molecule has 1 aliphatic carbocycles. The molecule has 1 saturated heterocycles. The van der Waals surface area contributed by atoms with Crippen molar-refractivity contribution >= 4 is 11.9 Å². The van der Waals surface area contributed by atoms with Crippen LogP contribution in [0.5, 0.6) is 0 Å². The van der Waals surface area contributed by atoms with Crippen LogP contribution in [0.4, 0.5) is 4.39 Å². The lowest BCUT2D eigenvalue weighted by molar-refractivity contribution is -0.161. The Kier molecular flexibility index (Phi) is 4.88. The second-order valence-electron chi connectivity index (χ2n) is 6.94. The topological polar surface area (TPSA) is 46.6 Å². The highest BCUT2D eigenvalue weighted by Gasteiger charge is 2.46. The van der Waals surface area contributed by atoms with E-state index < -0.39 is 5.41 Å². The molecule has 5 heteroatoms. The van der Waals surface area contributed by atoms with Crippen LogP contribution in [0, 0.1) is 17.2 Å². The maximum atomic E-state index is 13.2. The molecule has 130 valence electrons. The summed E-state index contributed by atoms with van der Waals surface area (Å²) >= 11 is 0. The van der Waals surface area contributed by atoms with Crippen molar-refractivity contribution in [3.8, 4) is 0 Å². The van der Waals surface area contributed by atoms with E-state index in [1.54, 1.807) is 19.1 Å². The van der Waals surface area contributed by atoms with Gasteiger partial charge in [-0.05, 0) is 56.7 Å². The van der Waals surface area contributed by atoms with Gasteiger partial charge in [-0.1, -0.05) is 12.1 Å². The third-order valence-corrected chi connectivity index (χ3v) is 4.98. The summed E-state index contributed by atoms with van der Waals surface area (Å²) in [6.07, 6.45) is 3.87. The minimum atomic E-state index is -0.726. The second kappa shape index (κ2) is 6.91. The minimum Gasteiger partial charge on any atom is -0.466 e. The second-order valence-corrected chi connectivity index (χ2v) is 6.94. The summed E-state index contributed by atoms with van der Waals surface area (Å²) < 4.78 is 18.5. The Morgan fingerprint density at radius 3 is 2.62 bits per heavy atom. The van der Waals surface area contributed by atoms with E-state index in [-0.39, 0.29) is 23.6 Å². The zero-order valence-corrected chi connectivity index (χ0v) is 14.1. The van der Waals surface area contributed by atoms with Crippen molar-refractivity contribution in [3.05, 3.63) is 35.6 Å². The number of ether oxygens (including phenoxy) is 1. The van der Waals surface area contributed by atoms with Crippen molar-refractivity contribution in [1.29, 1.82) is 0 Å². The number of piperidine rings is 1. The molecule has 4 nitrogen and oxygen atoms in total. The fourth-order valence-electron chi connectivity index (χ4n) is 3.57. The quantitative estimate of drug-likeness (QED) is 0.778. The Labute approximate surface area is 142 Å². The van der Waals surface area contributed by atoms with Crippen LogP contribution in [0.2, 0.25) is 0 Å². The molecule has 2 aliphatic rings. The highest BCUT2D eigenvalue weighted by atomic mass is 19.1. The monoisotopic (exact) mass is 333 g/mol. The summed E-state index contributed by atoms with van der Waals surface area (Å²) in [5, 5.41) is 0. The van der Waals surface area contributed by atoms with Gasteiger partial charge in [0.1, 0.15) is 5.82 Å². The molecule has 24 heavy (non-hydrogen) atoms. The van der Waals surface area contributed by atoms with Crippen LogP contribution in [-0.2, 0) is 20.7 Å². The van der Waals surface area contributed by atoms with Crippen LogP contribution in [0.3, 0.4) is 0 Å². The molecular weight excluding hydrogens is 309 g/mol. The number of halogens is 1. The lowest BCUT2D eigenvalue weighted by Gasteiger charge is -2.41. The fraction of sp³-hybridized carbons (Fsp3) is 0.579. The molecular formula is C19H24FNO3. The van der Waals surface area contributed by atoms with Gasteiger partial charge in [0.05, 0.1) is 12.0 Å². The van der Waals surface area contributed by atoms with Crippen LogP contribution < -0.4 is 0 Å². The van der Waals surface area contributed by atoms with Gasteiger partial charge in [-0.15, -0.1) is 0 Å². The van der Waals surface area contributed by atoms with Crippen molar-refractivity contribution in [2.45, 2.75) is 39.0 Å². The molecule has 0 radical (unpaired) electrons. The van der Waals surface area contributed by atoms with E-state index in [9.17, 15) is 14.0 Å². The standard InChI is InChI=1S/C19H24FNO3/c1-2-24-18(23)19(12-14-4-8-16(20)9-5-14)10-3-11-21(13-19)17(22)15-6-7-15/h4-5,8-9,15H,2-3,6-7,10-13H2,1H3/t19-/m1/s1. The lowest BCUT2D eigenvalue weighted by Crippen LogP contribution is -2.52. The SMILES string of the molecule is CCOC(=O)[C@@]1(Cc2ccc(F)cc2)CCCN(C(=O)C2CC2)C1. The first-order chi connectivity index (χ1) is 11.5. The Morgan fingerprint density at radius 1 is 1.29 bits per heavy atom. The molecule has 1 amide bonds. The van der Waals surface area contributed by atoms with E-state index in [0.29, 0.717) is 32.5 Å². The van der Waals surface area contributed by atoms with Gasteiger partial charge in [0, 0.05) is 19.0 Å². The van der Waals surface area contributed by atoms with Crippen LogP contribution in [0.25, 0.3) is 0 Å². The van der Waals surface area contributed by atoms with E-state index >= 15 is 0 Å². The minimum absolute atomic E-state index is 0.147. The molecule has 0 aromatic heterocycles. The van der Waals surface area contributed by atoms with Crippen molar-refractivity contribution in [1.82, 2.24) is 4.90 Å². The van der Waals surface area contributed by atoms with Crippen molar-refractivity contribution in [2.75, 3.05) is 19.7 Å². The largest absolute Gasteiger partial charge is 0.466 e. The van der Waals surface area contributed by atoms with Gasteiger partial charge in [0.15, 0.2) is 0 Å². The molecule has 1 saturated carbocycles. The molecule has 1 aromatic rings. The smallest absolute Gasteiger partial charge is 0.314 e. The molecule has 0 spiro atoms. The van der Waals surface area contributed by atoms with E-state index in [1.165, 1.54) is 12.1 Å². The predicted octanol–water partition coefficient (Wildman–Crippen LogP) is 2.95. The van der Waals surface area contributed by atoms with Crippen LogP contribution in [0.15, 0.2) is 24.3 Å². The average Bonchev–Trinajstić information content (AvgIpc) is 3.42. The molecule has 1 atom stereocenters. The Bertz CT molecular complexity index is 612. The predicted molar refractivity (Wildman–Crippen MR) is 87.7 cm³/mol. The van der Waals surface area contributed by atoms with E-state index in [2.05, 4.69) is 0 Å². The highest BCUT2D eigenvalue weighted by Crippen LogP contribution is 2.38. The fourth-order valence-corrected chi connectivity index (χ4v) is 3.57. The summed E-state index contributed by atoms with van der Waals surface area (Å²) in [4.78, 5) is 27.0. The molecule has 0 unspecified atom stereocenters. The molecule has 0 N–H and O–H groups in total. The molecule has 1 aromatic carbocycles. The number of hydrogen-bond acceptors (Lipinski definition) is 3. The number of esters is 1. The third kappa shape index (κ3) is 3.60. The summed E-state index contributed by atoms with van der Waals surface area (Å²) in [7, 11) is 0. The van der Waals surface area contributed by atoms with E-state index in [4.69, 9.17) is 4.74 Å². The number of likely N-dealkylation sites (tertiary alicyclic amines) is 1.